The Hall–Kier alpha value is -2.88. The maximum absolute atomic E-state index is 14.4. The van der Waals surface area contributed by atoms with Gasteiger partial charge >= 0.3 is 5.97 Å². The summed E-state index contributed by atoms with van der Waals surface area (Å²) in [6, 6.07) is 8.55. The molecule has 33 heavy (non-hydrogen) atoms. The third kappa shape index (κ3) is 4.48. The van der Waals surface area contributed by atoms with Crippen LogP contribution in [0.25, 0.3) is 5.69 Å². The lowest BCUT2D eigenvalue weighted by molar-refractivity contribution is -0.140. The van der Waals surface area contributed by atoms with Gasteiger partial charge in [0.25, 0.3) is 0 Å². The molecule has 1 saturated carbocycles. The van der Waals surface area contributed by atoms with Crippen molar-refractivity contribution in [3.05, 3.63) is 65.1 Å². The Bertz CT molecular complexity index is 1160. The normalized spacial score (nSPS) is 14.5. The molecule has 2 aromatic carbocycles. The van der Waals surface area contributed by atoms with Gasteiger partial charge in [0.2, 0.25) is 11.7 Å². The Morgan fingerprint density at radius 2 is 1.48 bits per heavy atom. The summed E-state index contributed by atoms with van der Waals surface area (Å²) < 4.78 is 76.6. The van der Waals surface area contributed by atoms with Crippen LogP contribution in [0.15, 0.2) is 40.1 Å². The predicted molar refractivity (Wildman–Crippen MR) is 111 cm³/mol. The molecule has 1 fully saturated rings. The fourth-order valence-corrected chi connectivity index (χ4v) is 4.70. The Morgan fingerprint density at radius 1 is 0.909 bits per heavy atom. The van der Waals surface area contributed by atoms with Gasteiger partial charge in [0.15, 0.2) is 23.3 Å². The minimum atomic E-state index is -2.24. The fourth-order valence-electron chi connectivity index (χ4n) is 3.74. The number of hydrogen-bond acceptors (Lipinski definition) is 4. The van der Waals surface area contributed by atoms with Crippen LogP contribution < -0.4 is 4.74 Å². The number of ether oxygens (including phenoxy) is 1. The summed E-state index contributed by atoms with van der Waals surface area (Å²) in [4.78, 5) is 11.7. The van der Waals surface area contributed by atoms with Gasteiger partial charge in [0.1, 0.15) is 0 Å². The van der Waals surface area contributed by atoms with E-state index < -0.39 is 40.0 Å². The molecule has 4 rings (SSSR count). The number of rotatable bonds is 5. The zero-order chi connectivity index (χ0) is 23.7. The first-order valence-electron chi connectivity index (χ1n) is 10.4. The van der Waals surface area contributed by atoms with Crippen molar-refractivity contribution in [3.63, 3.8) is 0 Å². The van der Waals surface area contributed by atoms with Crippen molar-refractivity contribution < 1.29 is 31.5 Å². The van der Waals surface area contributed by atoms with Gasteiger partial charge in [0, 0.05) is 0 Å². The van der Waals surface area contributed by atoms with Crippen LogP contribution in [0.5, 0.6) is 5.88 Å². The lowest BCUT2D eigenvalue weighted by Crippen LogP contribution is -2.24. The van der Waals surface area contributed by atoms with E-state index in [2.05, 4.69) is 5.10 Å². The zero-order valence-corrected chi connectivity index (χ0v) is 18.3. The molecule has 0 N–H and O–H groups in total. The van der Waals surface area contributed by atoms with Crippen LogP contribution in [0.4, 0.5) is 22.0 Å². The lowest BCUT2D eigenvalue weighted by Gasteiger charge is -2.20. The summed E-state index contributed by atoms with van der Waals surface area (Å²) in [5, 5.41) is 4.31. The van der Waals surface area contributed by atoms with E-state index in [0.29, 0.717) is 18.5 Å². The number of carbonyl (C=O) groups is 1. The zero-order valence-electron chi connectivity index (χ0n) is 17.5. The molecule has 1 aliphatic carbocycles. The SMILES string of the molecule is Cc1nn(-c2ccccc2)c(OC(=O)C2CCCCC2)c1Sc1c(F)c(F)c(F)c(F)c1F. The highest BCUT2D eigenvalue weighted by Gasteiger charge is 2.31. The van der Waals surface area contributed by atoms with E-state index in [-0.39, 0.29) is 34.1 Å². The average Bonchev–Trinajstić information content (AvgIpc) is 3.15. The number of benzene rings is 2. The number of esters is 1. The number of nitrogens with zero attached hydrogens (tertiary/aromatic N) is 2. The number of aryl methyl sites for hydroxylation is 1. The van der Waals surface area contributed by atoms with Gasteiger partial charge in [-0.25, -0.2) is 22.0 Å². The minimum absolute atomic E-state index is 0.0220. The standard InChI is InChI=1S/C23H19F5N2O2S/c1-12-20(33-21-18(27)16(25)15(24)17(26)19(21)28)22(30(29-12)14-10-6-3-7-11-14)32-23(31)13-8-4-2-5-9-13/h3,6-7,10-11,13H,2,4-5,8-9H2,1H3. The van der Waals surface area contributed by atoms with E-state index >= 15 is 0 Å². The van der Waals surface area contributed by atoms with Gasteiger partial charge in [-0.3, -0.25) is 4.79 Å². The smallest absolute Gasteiger partial charge is 0.315 e. The summed E-state index contributed by atoms with van der Waals surface area (Å²) in [5.74, 6) is -11.3. The highest BCUT2D eigenvalue weighted by atomic mass is 32.2. The summed E-state index contributed by atoms with van der Waals surface area (Å²) in [5.41, 5.74) is 0.690. The molecular formula is C23H19F5N2O2S. The highest BCUT2D eigenvalue weighted by Crippen LogP contribution is 2.43. The second kappa shape index (κ2) is 9.54. The van der Waals surface area contributed by atoms with E-state index in [0.717, 1.165) is 19.3 Å². The van der Waals surface area contributed by atoms with E-state index in [4.69, 9.17) is 4.74 Å². The van der Waals surface area contributed by atoms with E-state index in [9.17, 15) is 26.7 Å². The number of aromatic nitrogens is 2. The molecule has 0 aliphatic heterocycles. The molecule has 1 heterocycles. The van der Waals surface area contributed by atoms with Crippen LogP contribution in [0.1, 0.15) is 37.8 Å². The summed E-state index contributed by atoms with van der Waals surface area (Å²) in [6.45, 7) is 1.49. The topological polar surface area (TPSA) is 44.1 Å². The molecule has 4 nitrogen and oxygen atoms in total. The van der Waals surface area contributed by atoms with Crippen LogP contribution in [0.2, 0.25) is 0 Å². The Labute approximate surface area is 190 Å². The molecule has 0 bridgehead atoms. The van der Waals surface area contributed by atoms with Crippen LogP contribution in [0, 0.1) is 41.9 Å². The van der Waals surface area contributed by atoms with Crippen LogP contribution in [-0.2, 0) is 4.79 Å². The molecule has 1 aliphatic rings. The Balaban J connectivity index is 1.80. The molecule has 0 amide bonds. The van der Waals surface area contributed by atoms with Crippen LogP contribution >= 0.6 is 11.8 Å². The maximum Gasteiger partial charge on any atom is 0.315 e. The number of para-hydroxylation sites is 1. The van der Waals surface area contributed by atoms with Crippen molar-refractivity contribution in [1.82, 2.24) is 9.78 Å². The third-order valence-corrected chi connectivity index (χ3v) is 6.71. The van der Waals surface area contributed by atoms with Crippen molar-refractivity contribution >= 4 is 17.7 Å². The molecule has 174 valence electrons. The van der Waals surface area contributed by atoms with E-state index in [1.165, 1.54) is 11.6 Å². The average molecular weight is 482 g/mol. The summed E-state index contributed by atoms with van der Waals surface area (Å²) >= 11 is 0.278. The molecule has 0 saturated heterocycles. The molecule has 0 spiro atoms. The number of halogens is 5. The maximum atomic E-state index is 14.4. The molecule has 1 aromatic heterocycles. The van der Waals surface area contributed by atoms with Gasteiger partial charge in [-0.15, -0.1) is 0 Å². The summed E-state index contributed by atoms with van der Waals surface area (Å²) in [6.07, 6.45) is 4.08. The van der Waals surface area contributed by atoms with Crippen molar-refractivity contribution in [2.45, 2.75) is 48.8 Å². The van der Waals surface area contributed by atoms with Gasteiger partial charge < -0.3 is 4.74 Å². The first kappa shape index (κ1) is 23.3. The monoisotopic (exact) mass is 482 g/mol. The molecule has 0 unspecified atom stereocenters. The first-order valence-corrected chi connectivity index (χ1v) is 11.2. The first-order chi connectivity index (χ1) is 15.8. The van der Waals surface area contributed by atoms with Crippen molar-refractivity contribution in [2.75, 3.05) is 0 Å². The van der Waals surface area contributed by atoms with Crippen LogP contribution in [0.3, 0.4) is 0 Å². The molecule has 0 radical (unpaired) electrons. The number of carbonyl (C=O) groups excluding carboxylic acids is 1. The number of hydrogen-bond donors (Lipinski definition) is 0. The van der Waals surface area contributed by atoms with Crippen molar-refractivity contribution in [2.24, 2.45) is 5.92 Å². The Morgan fingerprint density at radius 3 is 2.09 bits per heavy atom. The second-order valence-electron chi connectivity index (χ2n) is 7.72. The van der Waals surface area contributed by atoms with Gasteiger partial charge in [0.05, 0.1) is 27.1 Å². The highest BCUT2D eigenvalue weighted by molar-refractivity contribution is 7.99. The van der Waals surface area contributed by atoms with E-state index in [1.807, 2.05) is 0 Å². The lowest BCUT2D eigenvalue weighted by atomic mass is 9.89. The van der Waals surface area contributed by atoms with Crippen molar-refractivity contribution in [3.8, 4) is 11.6 Å². The van der Waals surface area contributed by atoms with E-state index in [1.54, 1.807) is 30.3 Å². The molecule has 3 aromatic rings. The Kier molecular flexibility index (Phi) is 6.73. The second-order valence-corrected chi connectivity index (χ2v) is 8.74. The van der Waals surface area contributed by atoms with Crippen LogP contribution in [-0.4, -0.2) is 15.7 Å². The third-order valence-electron chi connectivity index (χ3n) is 5.48. The quantitative estimate of drug-likeness (QED) is 0.180. The molecule has 0 atom stereocenters. The van der Waals surface area contributed by atoms with Gasteiger partial charge in [-0.2, -0.15) is 9.78 Å². The fraction of sp³-hybridized carbons (Fsp3) is 0.304. The largest absolute Gasteiger partial charge is 0.406 e. The van der Waals surface area contributed by atoms with Crippen molar-refractivity contribution in [1.29, 1.82) is 0 Å². The molecule has 10 heteroatoms. The summed E-state index contributed by atoms with van der Waals surface area (Å²) in [7, 11) is 0. The van der Waals surface area contributed by atoms with Gasteiger partial charge in [-0.1, -0.05) is 49.2 Å². The minimum Gasteiger partial charge on any atom is -0.406 e. The predicted octanol–water partition coefficient (Wildman–Crippen LogP) is 6.51. The molecular weight excluding hydrogens is 463 g/mol. The van der Waals surface area contributed by atoms with Gasteiger partial charge in [-0.05, 0) is 31.9 Å².